The summed E-state index contributed by atoms with van der Waals surface area (Å²) < 4.78 is 10.5. The molecule has 0 saturated heterocycles. The van der Waals surface area contributed by atoms with Crippen molar-refractivity contribution in [2.24, 2.45) is 11.7 Å². The van der Waals surface area contributed by atoms with Gasteiger partial charge in [0.15, 0.2) is 0 Å². The number of hydrogen-bond acceptors (Lipinski definition) is 3. The molecule has 0 aromatic heterocycles. The zero-order chi connectivity index (χ0) is 12.8. The lowest BCUT2D eigenvalue weighted by Crippen LogP contribution is -2.12. The average Bonchev–Trinajstić information content (AvgIpc) is 2.34. The molecule has 4 heteroatoms. The Bertz CT molecular complexity index is 356. The zero-order valence-corrected chi connectivity index (χ0v) is 12.4. The number of rotatable bonds is 6. The first kappa shape index (κ1) is 17.1. The molecule has 0 heterocycles. The molecule has 1 aromatic rings. The van der Waals surface area contributed by atoms with Crippen LogP contribution >= 0.6 is 12.4 Å². The molecule has 104 valence electrons. The van der Waals surface area contributed by atoms with E-state index in [4.69, 9.17) is 15.2 Å². The van der Waals surface area contributed by atoms with Crippen molar-refractivity contribution in [3.63, 3.8) is 0 Å². The van der Waals surface area contributed by atoms with E-state index in [1.807, 2.05) is 18.2 Å². The van der Waals surface area contributed by atoms with Crippen LogP contribution in [0.4, 0.5) is 0 Å². The van der Waals surface area contributed by atoms with Gasteiger partial charge in [-0.05, 0) is 24.8 Å². The quantitative estimate of drug-likeness (QED) is 0.862. The minimum absolute atomic E-state index is 0. The van der Waals surface area contributed by atoms with Gasteiger partial charge in [0.1, 0.15) is 11.5 Å². The lowest BCUT2D eigenvalue weighted by atomic mass is 9.97. The fourth-order valence-electron chi connectivity index (χ4n) is 1.79. The summed E-state index contributed by atoms with van der Waals surface area (Å²) in [7, 11) is 3.31. The Kier molecular flexibility index (Phi) is 7.80. The molecule has 18 heavy (non-hydrogen) atoms. The minimum Gasteiger partial charge on any atom is -0.497 e. The predicted octanol–water partition coefficient (Wildman–Crippen LogP) is 3.56. The summed E-state index contributed by atoms with van der Waals surface area (Å²) in [6.07, 6.45) is 2.09. The Balaban J connectivity index is 0.00000289. The fourth-order valence-corrected chi connectivity index (χ4v) is 1.79. The van der Waals surface area contributed by atoms with Crippen molar-refractivity contribution in [3.8, 4) is 11.5 Å². The third-order valence-corrected chi connectivity index (χ3v) is 2.90. The van der Waals surface area contributed by atoms with Crippen molar-refractivity contribution in [1.82, 2.24) is 0 Å². The predicted molar refractivity (Wildman–Crippen MR) is 77.8 cm³/mol. The third-order valence-electron chi connectivity index (χ3n) is 2.90. The molecule has 1 atom stereocenters. The van der Waals surface area contributed by atoms with Crippen LogP contribution in [0.1, 0.15) is 38.3 Å². The lowest BCUT2D eigenvalue weighted by molar-refractivity contribution is 0.385. The van der Waals surface area contributed by atoms with Gasteiger partial charge >= 0.3 is 0 Å². The topological polar surface area (TPSA) is 44.5 Å². The van der Waals surface area contributed by atoms with Crippen molar-refractivity contribution in [1.29, 1.82) is 0 Å². The van der Waals surface area contributed by atoms with E-state index in [0.29, 0.717) is 5.92 Å². The molecule has 0 aliphatic heterocycles. The fraction of sp³-hybridized carbons (Fsp3) is 0.571. The van der Waals surface area contributed by atoms with Crippen LogP contribution in [-0.2, 0) is 0 Å². The van der Waals surface area contributed by atoms with Gasteiger partial charge in [0.25, 0.3) is 0 Å². The molecule has 0 unspecified atom stereocenters. The van der Waals surface area contributed by atoms with E-state index in [1.165, 1.54) is 0 Å². The first-order chi connectivity index (χ1) is 8.08. The standard InChI is InChI=1S/C14H23NO2.ClH/c1-10(2)5-8-13(15)12-7-6-11(16-3)9-14(12)17-4;/h6-7,9-10,13H,5,8,15H2,1-4H3;1H/t13-;/m0./s1. The third kappa shape index (κ3) is 4.75. The number of methoxy groups -OCH3 is 2. The van der Waals surface area contributed by atoms with Crippen molar-refractivity contribution in [3.05, 3.63) is 23.8 Å². The largest absolute Gasteiger partial charge is 0.497 e. The van der Waals surface area contributed by atoms with Gasteiger partial charge in [-0.15, -0.1) is 12.4 Å². The average molecular weight is 274 g/mol. The van der Waals surface area contributed by atoms with Gasteiger partial charge < -0.3 is 15.2 Å². The summed E-state index contributed by atoms with van der Waals surface area (Å²) in [6.45, 7) is 4.41. The highest BCUT2D eigenvalue weighted by Crippen LogP contribution is 2.30. The molecule has 0 fully saturated rings. The first-order valence-electron chi connectivity index (χ1n) is 6.06. The van der Waals surface area contributed by atoms with Crippen molar-refractivity contribution in [2.75, 3.05) is 14.2 Å². The maximum Gasteiger partial charge on any atom is 0.127 e. The summed E-state index contributed by atoms with van der Waals surface area (Å²) in [5.74, 6) is 2.27. The van der Waals surface area contributed by atoms with Crippen molar-refractivity contribution < 1.29 is 9.47 Å². The van der Waals surface area contributed by atoms with Crippen LogP contribution in [0.15, 0.2) is 18.2 Å². The molecular weight excluding hydrogens is 250 g/mol. The second-order valence-electron chi connectivity index (χ2n) is 4.69. The molecule has 0 aliphatic rings. The first-order valence-corrected chi connectivity index (χ1v) is 6.06. The van der Waals surface area contributed by atoms with Crippen LogP contribution in [0, 0.1) is 5.92 Å². The normalized spacial score (nSPS) is 11.9. The number of halogens is 1. The lowest BCUT2D eigenvalue weighted by Gasteiger charge is -2.17. The van der Waals surface area contributed by atoms with E-state index < -0.39 is 0 Å². The Morgan fingerprint density at radius 1 is 1.11 bits per heavy atom. The highest BCUT2D eigenvalue weighted by atomic mass is 35.5. The van der Waals surface area contributed by atoms with E-state index in [1.54, 1.807) is 14.2 Å². The van der Waals surface area contributed by atoms with E-state index in [-0.39, 0.29) is 18.4 Å². The van der Waals surface area contributed by atoms with Crippen molar-refractivity contribution in [2.45, 2.75) is 32.7 Å². The Morgan fingerprint density at radius 2 is 1.78 bits per heavy atom. The Morgan fingerprint density at radius 3 is 2.28 bits per heavy atom. The molecule has 0 amide bonds. The van der Waals surface area contributed by atoms with Gasteiger partial charge in [-0.25, -0.2) is 0 Å². The van der Waals surface area contributed by atoms with Gasteiger partial charge in [0.05, 0.1) is 14.2 Å². The molecule has 0 saturated carbocycles. The van der Waals surface area contributed by atoms with Gasteiger partial charge in [-0.1, -0.05) is 19.9 Å². The Labute approximate surface area is 116 Å². The van der Waals surface area contributed by atoms with Crippen molar-refractivity contribution >= 4 is 12.4 Å². The smallest absolute Gasteiger partial charge is 0.127 e. The monoisotopic (exact) mass is 273 g/mol. The second-order valence-corrected chi connectivity index (χ2v) is 4.69. The van der Waals surface area contributed by atoms with E-state index in [2.05, 4.69) is 13.8 Å². The minimum atomic E-state index is 0. The van der Waals surface area contributed by atoms with E-state index in [0.717, 1.165) is 29.9 Å². The molecule has 0 radical (unpaired) electrons. The summed E-state index contributed by atoms with van der Waals surface area (Å²) in [4.78, 5) is 0. The second kappa shape index (κ2) is 8.22. The molecular formula is C14H24ClNO2. The zero-order valence-electron chi connectivity index (χ0n) is 11.6. The maximum atomic E-state index is 6.19. The highest BCUT2D eigenvalue weighted by molar-refractivity contribution is 5.85. The number of nitrogens with two attached hydrogens (primary N) is 1. The maximum absolute atomic E-state index is 6.19. The molecule has 2 N–H and O–H groups in total. The molecule has 0 spiro atoms. The SMILES string of the molecule is COc1ccc([C@@H](N)CCC(C)C)c(OC)c1.Cl. The van der Waals surface area contributed by atoms with Crippen LogP contribution in [0.5, 0.6) is 11.5 Å². The van der Waals surface area contributed by atoms with E-state index in [9.17, 15) is 0 Å². The van der Waals surface area contributed by atoms with Gasteiger partial charge in [-0.2, -0.15) is 0 Å². The van der Waals surface area contributed by atoms with Gasteiger partial charge in [-0.3, -0.25) is 0 Å². The van der Waals surface area contributed by atoms with Crippen LogP contribution in [0.3, 0.4) is 0 Å². The van der Waals surface area contributed by atoms with Crippen LogP contribution in [-0.4, -0.2) is 14.2 Å². The highest BCUT2D eigenvalue weighted by Gasteiger charge is 2.13. The van der Waals surface area contributed by atoms with Crippen LogP contribution < -0.4 is 15.2 Å². The van der Waals surface area contributed by atoms with Gasteiger partial charge in [0.2, 0.25) is 0 Å². The molecule has 0 bridgehead atoms. The summed E-state index contributed by atoms with van der Waals surface area (Å²) in [5.41, 5.74) is 7.24. The molecule has 0 aliphatic carbocycles. The number of benzene rings is 1. The number of ether oxygens (including phenoxy) is 2. The van der Waals surface area contributed by atoms with Crippen LogP contribution in [0.2, 0.25) is 0 Å². The summed E-state index contributed by atoms with van der Waals surface area (Å²) in [6, 6.07) is 5.82. The Hall–Kier alpha value is -0.930. The molecule has 1 aromatic carbocycles. The van der Waals surface area contributed by atoms with Crippen LogP contribution in [0.25, 0.3) is 0 Å². The summed E-state index contributed by atoms with van der Waals surface area (Å²) >= 11 is 0. The number of hydrogen-bond donors (Lipinski definition) is 1. The van der Waals surface area contributed by atoms with E-state index >= 15 is 0 Å². The molecule has 3 nitrogen and oxygen atoms in total. The van der Waals surface area contributed by atoms with Gasteiger partial charge in [0, 0.05) is 17.7 Å². The molecule has 1 rings (SSSR count). The summed E-state index contributed by atoms with van der Waals surface area (Å²) in [5, 5.41) is 0.